The normalized spacial score (nSPS) is 15.2. The number of nitrogens with one attached hydrogen (secondary N) is 1. The van der Waals surface area contributed by atoms with E-state index in [0.29, 0.717) is 6.42 Å². The Labute approximate surface area is 282 Å². The minimum absolute atomic E-state index is 0.0508. The molecule has 0 aromatic carbocycles. The molecule has 46 heavy (non-hydrogen) atoms. The zero-order chi connectivity index (χ0) is 34.1. The first-order valence-corrected chi connectivity index (χ1v) is 20.4. The fourth-order valence-electron chi connectivity index (χ4n) is 5.53. The highest BCUT2D eigenvalue weighted by molar-refractivity contribution is 7.47. The lowest BCUT2D eigenvalue weighted by molar-refractivity contribution is -0.124. The SMILES string of the molecule is CCCCCCCC/C=C/C(O)C(COP(=O)(O)OCCN)NC(=O)CC(O)CCCCCCCCCCCCCCCCCC. The van der Waals surface area contributed by atoms with Gasteiger partial charge in [-0.1, -0.05) is 161 Å². The first kappa shape index (κ1) is 45.2. The number of hydrogen-bond acceptors (Lipinski definition) is 7. The van der Waals surface area contributed by atoms with Crippen LogP contribution >= 0.6 is 7.82 Å². The molecule has 0 bridgehead atoms. The first-order chi connectivity index (χ1) is 22.3. The fourth-order valence-corrected chi connectivity index (χ4v) is 6.29. The maximum absolute atomic E-state index is 12.7. The van der Waals surface area contributed by atoms with Crippen LogP contribution in [0, 0.1) is 0 Å². The predicted molar refractivity (Wildman–Crippen MR) is 191 cm³/mol. The number of nitrogens with two attached hydrogens (primary N) is 1. The first-order valence-electron chi connectivity index (χ1n) is 18.9. The number of carbonyl (C=O) groups excluding carboxylic acids is 1. The van der Waals surface area contributed by atoms with Crippen LogP contribution in [0.2, 0.25) is 0 Å². The highest BCUT2D eigenvalue weighted by Crippen LogP contribution is 2.43. The Morgan fingerprint density at radius 1 is 0.739 bits per heavy atom. The summed E-state index contributed by atoms with van der Waals surface area (Å²) in [6, 6.07) is -0.974. The predicted octanol–water partition coefficient (Wildman–Crippen LogP) is 8.63. The van der Waals surface area contributed by atoms with Crippen molar-refractivity contribution in [2.45, 2.75) is 193 Å². The molecule has 0 saturated heterocycles. The second-order valence-electron chi connectivity index (χ2n) is 13.0. The van der Waals surface area contributed by atoms with Crippen molar-refractivity contribution in [1.29, 1.82) is 0 Å². The van der Waals surface area contributed by atoms with E-state index in [1.165, 1.54) is 109 Å². The maximum atomic E-state index is 12.7. The van der Waals surface area contributed by atoms with Gasteiger partial charge in [0, 0.05) is 6.54 Å². The third-order valence-electron chi connectivity index (χ3n) is 8.42. The van der Waals surface area contributed by atoms with Crippen LogP contribution in [0.5, 0.6) is 0 Å². The lowest BCUT2D eigenvalue weighted by Crippen LogP contribution is -2.46. The molecule has 0 rings (SSSR count). The molecule has 10 heteroatoms. The number of hydrogen-bond donors (Lipinski definition) is 5. The number of phosphoric acid groups is 1. The van der Waals surface area contributed by atoms with Gasteiger partial charge in [0.15, 0.2) is 0 Å². The summed E-state index contributed by atoms with van der Waals surface area (Å²) >= 11 is 0. The van der Waals surface area contributed by atoms with Crippen LogP contribution in [0.4, 0.5) is 0 Å². The van der Waals surface area contributed by atoms with Crippen molar-refractivity contribution in [2.75, 3.05) is 19.8 Å². The van der Waals surface area contributed by atoms with Gasteiger partial charge in [-0.15, -0.1) is 0 Å². The Balaban J connectivity index is 4.28. The summed E-state index contributed by atoms with van der Waals surface area (Å²) in [6.07, 6.45) is 30.2. The van der Waals surface area contributed by atoms with Gasteiger partial charge in [-0.3, -0.25) is 13.8 Å². The highest BCUT2D eigenvalue weighted by Gasteiger charge is 2.27. The van der Waals surface area contributed by atoms with Gasteiger partial charge in [0.05, 0.1) is 37.9 Å². The van der Waals surface area contributed by atoms with Crippen molar-refractivity contribution < 1.29 is 33.5 Å². The summed E-state index contributed by atoms with van der Waals surface area (Å²) in [6.45, 7) is 3.92. The summed E-state index contributed by atoms with van der Waals surface area (Å²) in [5, 5.41) is 23.8. The van der Waals surface area contributed by atoms with Gasteiger partial charge in [-0.05, 0) is 19.3 Å². The number of phosphoric ester groups is 1. The summed E-state index contributed by atoms with van der Waals surface area (Å²) in [7, 11) is -4.38. The molecule has 0 aromatic rings. The van der Waals surface area contributed by atoms with Crippen LogP contribution in [-0.2, 0) is 18.4 Å². The van der Waals surface area contributed by atoms with Gasteiger partial charge in [-0.2, -0.15) is 0 Å². The zero-order valence-electron chi connectivity index (χ0n) is 29.7. The standard InChI is InChI=1S/C36H73N2O7P/c1-3-5-7-9-11-13-14-15-16-17-18-19-20-21-23-25-27-33(39)31-36(41)38-34(32-45-46(42,43)44-30-29-37)35(40)28-26-24-22-12-10-8-6-4-2/h26,28,33-35,39-40H,3-25,27,29-32,37H2,1-2H3,(H,38,41)(H,42,43)/b28-26+. The second-order valence-corrected chi connectivity index (χ2v) is 14.4. The number of amides is 1. The van der Waals surface area contributed by atoms with E-state index in [-0.39, 0.29) is 19.6 Å². The molecule has 0 spiro atoms. The number of aliphatic hydroxyl groups excluding tert-OH is 2. The summed E-state index contributed by atoms with van der Waals surface area (Å²) in [4.78, 5) is 22.6. The van der Waals surface area contributed by atoms with Crippen molar-refractivity contribution in [1.82, 2.24) is 5.32 Å². The van der Waals surface area contributed by atoms with Crippen LogP contribution in [0.1, 0.15) is 174 Å². The minimum Gasteiger partial charge on any atom is -0.393 e. The van der Waals surface area contributed by atoms with E-state index in [2.05, 4.69) is 19.2 Å². The quantitative estimate of drug-likeness (QED) is 0.0254. The molecular weight excluding hydrogens is 603 g/mol. The summed E-state index contributed by atoms with van der Waals surface area (Å²) in [5.41, 5.74) is 5.33. The second kappa shape index (κ2) is 32.7. The molecule has 4 atom stereocenters. The van der Waals surface area contributed by atoms with Crippen LogP contribution in [-0.4, -0.2) is 59.0 Å². The van der Waals surface area contributed by atoms with Crippen molar-refractivity contribution >= 4 is 13.7 Å². The van der Waals surface area contributed by atoms with Crippen LogP contribution < -0.4 is 11.1 Å². The van der Waals surface area contributed by atoms with Crippen LogP contribution in [0.15, 0.2) is 12.2 Å². The topological polar surface area (TPSA) is 151 Å². The molecule has 9 nitrogen and oxygen atoms in total. The van der Waals surface area contributed by atoms with E-state index in [0.717, 1.165) is 38.5 Å². The average molecular weight is 677 g/mol. The smallest absolute Gasteiger partial charge is 0.393 e. The van der Waals surface area contributed by atoms with E-state index in [1.807, 2.05) is 6.08 Å². The molecule has 0 aliphatic heterocycles. The van der Waals surface area contributed by atoms with E-state index in [4.69, 9.17) is 14.8 Å². The van der Waals surface area contributed by atoms with Gasteiger partial charge in [0.1, 0.15) is 0 Å². The van der Waals surface area contributed by atoms with Gasteiger partial charge >= 0.3 is 7.82 Å². The van der Waals surface area contributed by atoms with Crippen LogP contribution in [0.3, 0.4) is 0 Å². The third kappa shape index (κ3) is 30.5. The number of aliphatic hydroxyl groups is 2. The average Bonchev–Trinajstić information content (AvgIpc) is 3.03. The van der Waals surface area contributed by atoms with E-state index in [1.54, 1.807) is 6.08 Å². The van der Waals surface area contributed by atoms with Crippen molar-refractivity contribution in [2.24, 2.45) is 5.73 Å². The Kier molecular flexibility index (Phi) is 32.2. The number of rotatable bonds is 35. The van der Waals surface area contributed by atoms with Gasteiger partial charge in [0.2, 0.25) is 5.91 Å². The molecular formula is C36H73N2O7P. The third-order valence-corrected chi connectivity index (χ3v) is 9.40. The Morgan fingerprint density at radius 2 is 1.20 bits per heavy atom. The van der Waals surface area contributed by atoms with Gasteiger partial charge in [0.25, 0.3) is 0 Å². The molecule has 1 amide bonds. The summed E-state index contributed by atoms with van der Waals surface area (Å²) in [5.74, 6) is -0.448. The lowest BCUT2D eigenvalue weighted by Gasteiger charge is -2.24. The van der Waals surface area contributed by atoms with E-state index >= 15 is 0 Å². The number of allylic oxidation sites excluding steroid dienone is 1. The molecule has 6 N–H and O–H groups in total. The Morgan fingerprint density at radius 3 is 1.67 bits per heavy atom. The number of carbonyl (C=O) groups is 1. The molecule has 0 aliphatic rings. The molecule has 274 valence electrons. The lowest BCUT2D eigenvalue weighted by atomic mass is 10.0. The molecule has 0 fully saturated rings. The fraction of sp³-hybridized carbons (Fsp3) is 0.917. The van der Waals surface area contributed by atoms with Gasteiger partial charge < -0.3 is 26.2 Å². The minimum atomic E-state index is -4.38. The van der Waals surface area contributed by atoms with Gasteiger partial charge in [-0.25, -0.2) is 4.57 Å². The molecule has 0 aromatic heterocycles. The van der Waals surface area contributed by atoms with E-state index in [9.17, 15) is 24.5 Å². The molecule has 0 saturated carbocycles. The largest absolute Gasteiger partial charge is 0.472 e. The highest BCUT2D eigenvalue weighted by atomic mass is 31.2. The molecule has 0 radical (unpaired) electrons. The van der Waals surface area contributed by atoms with Crippen LogP contribution in [0.25, 0.3) is 0 Å². The Hall–Kier alpha value is -0.800. The maximum Gasteiger partial charge on any atom is 0.472 e. The van der Waals surface area contributed by atoms with Crippen molar-refractivity contribution in [3.8, 4) is 0 Å². The van der Waals surface area contributed by atoms with Crippen molar-refractivity contribution in [3.63, 3.8) is 0 Å². The molecule has 0 heterocycles. The molecule has 4 unspecified atom stereocenters. The zero-order valence-corrected chi connectivity index (χ0v) is 30.6. The molecule has 0 aliphatic carbocycles. The Bertz CT molecular complexity index is 756. The van der Waals surface area contributed by atoms with E-state index < -0.39 is 38.6 Å². The van der Waals surface area contributed by atoms with Crippen molar-refractivity contribution in [3.05, 3.63) is 12.2 Å². The summed E-state index contributed by atoms with van der Waals surface area (Å²) < 4.78 is 21.9. The monoisotopic (exact) mass is 677 g/mol. The number of unbranched alkanes of at least 4 members (excludes halogenated alkanes) is 21.